The van der Waals surface area contributed by atoms with E-state index in [0.717, 1.165) is 19.5 Å². The lowest BCUT2D eigenvalue weighted by Gasteiger charge is -2.21. The zero-order chi connectivity index (χ0) is 20.7. The molecule has 28 heavy (non-hydrogen) atoms. The third-order valence-electron chi connectivity index (χ3n) is 4.52. The van der Waals surface area contributed by atoms with Crippen LogP contribution in [0.15, 0.2) is 24.3 Å². The number of halogens is 6. The molecule has 0 saturated carbocycles. The monoisotopic (exact) mass is 501 g/mol. The molecule has 3 rings (SSSR count). The van der Waals surface area contributed by atoms with Crippen molar-refractivity contribution in [3.63, 3.8) is 0 Å². The molecule has 0 spiro atoms. The minimum absolute atomic E-state index is 0.0660. The lowest BCUT2D eigenvalue weighted by atomic mass is 10.1. The van der Waals surface area contributed by atoms with Crippen molar-refractivity contribution in [1.82, 2.24) is 19.9 Å². The van der Waals surface area contributed by atoms with E-state index in [1.54, 1.807) is 24.3 Å². The van der Waals surface area contributed by atoms with E-state index in [9.17, 15) is 0 Å². The topological polar surface area (TPSA) is 45.2 Å². The van der Waals surface area contributed by atoms with Gasteiger partial charge in [-0.1, -0.05) is 93.9 Å². The number of anilines is 1. The van der Waals surface area contributed by atoms with Crippen LogP contribution >= 0.6 is 69.6 Å². The van der Waals surface area contributed by atoms with Crippen LogP contribution in [0.2, 0.25) is 0 Å². The Bertz CT molecular complexity index is 831. The molecular weight excluding hydrogens is 487 g/mol. The van der Waals surface area contributed by atoms with Crippen LogP contribution in [0, 0.1) is 0 Å². The SMILES string of the molecule is CN(C)C1CCN(c2nc(-c3ccc(C(Cl)(Cl)Cl)cc3)nc(C(Cl)(Cl)Cl)n2)C1. The van der Waals surface area contributed by atoms with Gasteiger partial charge in [0.25, 0.3) is 0 Å². The highest BCUT2D eigenvalue weighted by molar-refractivity contribution is 6.67. The number of rotatable bonds is 3. The van der Waals surface area contributed by atoms with Gasteiger partial charge in [-0.2, -0.15) is 9.97 Å². The second kappa shape index (κ2) is 8.46. The number of nitrogens with zero attached hydrogens (tertiary/aromatic N) is 5. The molecule has 1 aromatic carbocycles. The van der Waals surface area contributed by atoms with Gasteiger partial charge >= 0.3 is 0 Å². The second-order valence-corrected chi connectivity index (χ2v) is 11.3. The average molecular weight is 504 g/mol. The fraction of sp³-hybridized carbons (Fsp3) is 0.471. The zero-order valence-corrected chi connectivity index (χ0v) is 19.5. The van der Waals surface area contributed by atoms with Gasteiger partial charge in [-0.25, -0.2) is 4.98 Å². The summed E-state index contributed by atoms with van der Waals surface area (Å²) in [6.07, 6.45) is 0.995. The lowest BCUT2D eigenvalue weighted by Crippen LogP contribution is -2.32. The summed E-state index contributed by atoms with van der Waals surface area (Å²) < 4.78 is -3.28. The van der Waals surface area contributed by atoms with Crippen LogP contribution in [0.3, 0.4) is 0 Å². The maximum Gasteiger partial charge on any atom is 0.250 e. The van der Waals surface area contributed by atoms with Crippen LogP contribution in [0.1, 0.15) is 17.8 Å². The van der Waals surface area contributed by atoms with Crippen molar-refractivity contribution < 1.29 is 0 Å². The Hall–Kier alpha value is -0.270. The predicted octanol–water partition coefficient (Wildman–Crippen LogP) is 5.33. The van der Waals surface area contributed by atoms with Crippen molar-refractivity contribution in [3.05, 3.63) is 35.7 Å². The van der Waals surface area contributed by atoms with E-state index in [1.165, 1.54) is 0 Å². The molecule has 1 atom stereocenters. The van der Waals surface area contributed by atoms with Crippen LogP contribution in [0.5, 0.6) is 0 Å². The molecule has 0 amide bonds. The molecule has 2 heterocycles. The van der Waals surface area contributed by atoms with Crippen molar-refractivity contribution in [2.24, 2.45) is 0 Å². The minimum atomic E-state index is -1.77. The lowest BCUT2D eigenvalue weighted by molar-refractivity contribution is 0.315. The van der Waals surface area contributed by atoms with Gasteiger partial charge in [0.15, 0.2) is 11.6 Å². The van der Waals surface area contributed by atoms with Gasteiger partial charge in [-0.3, -0.25) is 0 Å². The molecule has 0 N–H and O–H groups in total. The average Bonchev–Trinajstić information content (AvgIpc) is 3.10. The Kier molecular flexibility index (Phi) is 6.77. The number of benzene rings is 1. The first-order chi connectivity index (χ1) is 12.9. The molecule has 1 aliphatic heterocycles. The van der Waals surface area contributed by atoms with E-state index in [-0.39, 0.29) is 5.82 Å². The fourth-order valence-corrected chi connectivity index (χ4v) is 3.55. The minimum Gasteiger partial charge on any atom is -0.339 e. The van der Waals surface area contributed by atoms with E-state index in [0.29, 0.717) is 28.9 Å². The van der Waals surface area contributed by atoms with Crippen molar-refractivity contribution in [3.8, 4) is 11.4 Å². The van der Waals surface area contributed by atoms with Crippen LogP contribution in [0.4, 0.5) is 5.95 Å². The maximum atomic E-state index is 6.06. The first-order valence-electron chi connectivity index (χ1n) is 8.37. The van der Waals surface area contributed by atoms with Crippen molar-refractivity contribution in [2.75, 3.05) is 32.1 Å². The number of alkyl halides is 6. The molecule has 0 radical (unpaired) electrons. The summed E-state index contributed by atoms with van der Waals surface area (Å²) >= 11 is 35.9. The van der Waals surface area contributed by atoms with E-state index < -0.39 is 7.59 Å². The van der Waals surface area contributed by atoms with Crippen LogP contribution in [0.25, 0.3) is 11.4 Å². The number of hydrogen-bond donors (Lipinski definition) is 0. The highest BCUT2D eigenvalue weighted by Crippen LogP contribution is 2.40. The molecule has 0 aliphatic carbocycles. The van der Waals surface area contributed by atoms with E-state index in [2.05, 4.69) is 24.8 Å². The predicted molar refractivity (Wildman–Crippen MR) is 118 cm³/mol. The maximum absolute atomic E-state index is 6.06. The van der Waals surface area contributed by atoms with Crippen molar-refractivity contribution in [1.29, 1.82) is 0 Å². The fourth-order valence-electron chi connectivity index (χ4n) is 2.92. The Morgan fingerprint density at radius 3 is 2.07 bits per heavy atom. The largest absolute Gasteiger partial charge is 0.339 e. The smallest absolute Gasteiger partial charge is 0.250 e. The van der Waals surface area contributed by atoms with Gasteiger partial charge in [0.2, 0.25) is 13.5 Å². The molecular formula is C17H17Cl6N5. The first kappa shape index (κ1) is 22.4. The summed E-state index contributed by atoms with van der Waals surface area (Å²) in [5, 5.41) is 0. The first-order valence-corrected chi connectivity index (χ1v) is 10.6. The Balaban J connectivity index is 1.99. The van der Waals surface area contributed by atoms with E-state index in [4.69, 9.17) is 69.6 Å². The molecule has 0 bridgehead atoms. The van der Waals surface area contributed by atoms with Gasteiger partial charge in [0.05, 0.1) is 0 Å². The Morgan fingerprint density at radius 2 is 1.57 bits per heavy atom. The zero-order valence-electron chi connectivity index (χ0n) is 15.0. The van der Waals surface area contributed by atoms with E-state index >= 15 is 0 Å². The molecule has 1 unspecified atom stereocenters. The standard InChI is InChI=1S/C17H17Cl6N5/c1-27(2)12-7-8-28(9-12)15-25-13(24-14(26-15)17(21,22)23)10-3-5-11(6-4-10)16(18,19)20/h3-6,12H,7-9H2,1-2H3. The molecule has 5 nitrogen and oxygen atoms in total. The summed E-state index contributed by atoms with van der Waals surface area (Å²) in [6, 6.07) is 7.30. The van der Waals surface area contributed by atoms with Crippen LogP contribution in [-0.2, 0) is 7.59 Å². The molecule has 1 aliphatic rings. The summed E-state index contributed by atoms with van der Waals surface area (Å²) in [4.78, 5) is 17.6. The number of likely N-dealkylation sites (N-methyl/N-ethyl adjacent to an activating group) is 1. The number of hydrogen-bond acceptors (Lipinski definition) is 5. The normalized spacial score (nSPS) is 18.2. The molecule has 1 saturated heterocycles. The highest BCUT2D eigenvalue weighted by Gasteiger charge is 2.32. The summed E-state index contributed by atoms with van der Waals surface area (Å²) in [7, 11) is 4.10. The van der Waals surface area contributed by atoms with Crippen LogP contribution in [-0.4, -0.2) is 53.1 Å². The van der Waals surface area contributed by atoms with E-state index in [1.807, 2.05) is 14.1 Å². The Labute approximate surface area is 193 Å². The van der Waals surface area contributed by atoms with Gasteiger partial charge < -0.3 is 9.80 Å². The summed E-state index contributed by atoms with van der Waals surface area (Å²) in [6.45, 7) is 1.58. The quantitative estimate of drug-likeness (QED) is 0.529. The third kappa shape index (κ3) is 5.25. The second-order valence-electron chi connectivity index (χ2n) is 6.71. The van der Waals surface area contributed by atoms with Gasteiger partial charge in [-0.15, -0.1) is 0 Å². The van der Waals surface area contributed by atoms with Crippen LogP contribution < -0.4 is 4.90 Å². The third-order valence-corrected chi connectivity index (χ3v) is 5.69. The molecule has 1 aromatic heterocycles. The van der Waals surface area contributed by atoms with Crippen molar-refractivity contribution in [2.45, 2.75) is 20.0 Å². The molecule has 152 valence electrons. The highest BCUT2D eigenvalue weighted by atomic mass is 35.6. The molecule has 2 aromatic rings. The summed E-state index contributed by atoms with van der Waals surface area (Å²) in [5.74, 6) is 0.924. The van der Waals surface area contributed by atoms with Gasteiger partial charge in [-0.05, 0) is 20.5 Å². The summed E-state index contributed by atoms with van der Waals surface area (Å²) in [5.41, 5.74) is 1.23. The number of aromatic nitrogens is 3. The Morgan fingerprint density at radius 1 is 0.929 bits per heavy atom. The van der Waals surface area contributed by atoms with Gasteiger partial charge in [0.1, 0.15) is 0 Å². The molecule has 1 fully saturated rings. The van der Waals surface area contributed by atoms with Gasteiger partial charge in [0, 0.05) is 30.3 Å². The molecule has 11 heteroatoms. The van der Waals surface area contributed by atoms with Crippen molar-refractivity contribution >= 4 is 75.6 Å².